The summed E-state index contributed by atoms with van der Waals surface area (Å²) in [6.45, 7) is 0. The molecule has 286 valence electrons. The second kappa shape index (κ2) is 14.3. The molecular weight excluding hydrogens is 735 g/mol. The van der Waals surface area contributed by atoms with Gasteiger partial charge in [-0.25, -0.2) is 0 Å². The van der Waals surface area contributed by atoms with Gasteiger partial charge in [0.15, 0.2) is 0 Å². The smallest absolute Gasteiger partial charge is 0.0802 e. The Morgan fingerprint density at radius 2 is 0.770 bits per heavy atom. The number of hydrogen-bond donors (Lipinski definition) is 0. The third kappa shape index (κ3) is 5.58. The van der Waals surface area contributed by atoms with E-state index < -0.39 is 0 Å². The molecule has 0 aromatic heterocycles. The number of dihydropyridines is 1. The van der Waals surface area contributed by atoms with Crippen molar-refractivity contribution in [2.45, 2.75) is 17.9 Å². The second-order valence-electron chi connectivity index (χ2n) is 16.5. The third-order valence-corrected chi connectivity index (χ3v) is 13.3. The molecule has 9 aromatic rings. The highest BCUT2D eigenvalue weighted by molar-refractivity contribution is 6.13. The summed E-state index contributed by atoms with van der Waals surface area (Å²) in [7, 11) is 0. The van der Waals surface area contributed by atoms with E-state index in [9.17, 15) is 0 Å². The molecular formula is C60H41N. The summed E-state index contributed by atoms with van der Waals surface area (Å²) in [5.74, 6) is 0. The summed E-state index contributed by atoms with van der Waals surface area (Å²) in [6.07, 6.45) is 3.12. The molecule has 12 rings (SSSR count). The lowest BCUT2D eigenvalue weighted by Gasteiger charge is -2.30. The molecule has 0 amide bonds. The van der Waals surface area contributed by atoms with Crippen LogP contribution in [0.1, 0.15) is 51.4 Å². The van der Waals surface area contributed by atoms with Gasteiger partial charge in [0.25, 0.3) is 0 Å². The van der Waals surface area contributed by atoms with Crippen LogP contribution in [0.4, 0.5) is 0 Å². The van der Waals surface area contributed by atoms with Crippen LogP contribution in [0.25, 0.3) is 61.2 Å². The van der Waals surface area contributed by atoms with Gasteiger partial charge < -0.3 is 0 Å². The number of hydrogen-bond acceptors (Lipinski definition) is 1. The predicted octanol–water partition coefficient (Wildman–Crippen LogP) is 15.0. The highest BCUT2D eigenvalue weighted by Gasteiger charge is 2.51. The van der Waals surface area contributed by atoms with Gasteiger partial charge in [0.2, 0.25) is 0 Å². The summed E-state index contributed by atoms with van der Waals surface area (Å²) in [5.41, 5.74) is 23.7. The van der Waals surface area contributed by atoms with Crippen LogP contribution in [0.5, 0.6) is 0 Å². The average Bonchev–Trinajstić information content (AvgIpc) is 3.82. The highest BCUT2D eigenvalue weighted by atomic mass is 14.8. The van der Waals surface area contributed by atoms with Crippen molar-refractivity contribution in [3.63, 3.8) is 0 Å². The highest BCUT2D eigenvalue weighted by Crippen LogP contribution is 2.64. The lowest BCUT2D eigenvalue weighted by molar-refractivity contribution is 0.749. The van der Waals surface area contributed by atoms with Gasteiger partial charge in [-0.3, -0.25) is 4.99 Å². The monoisotopic (exact) mass is 775 g/mol. The molecule has 1 nitrogen and oxygen atoms in total. The van der Waals surface area contributed by atoms with E-state index in [1.807, 2.05) is 0 Å². The van der Waals surface area contributed by atoms with Gasteiger partial charge in [-0.15, -0.1) is 0 Å². The summed E-state index contributed by atoms with van der Waals surface area (Å²) in [4.78, 5) is 5.52. The predicted molar refractivity (Wildman–Crippen MR) is 254 cm³/mol. The maximum atomic E-state index is 5.52. The Hall–Kier alpha value is -7.61. The molecule has 1 heterocycles. The lowest BCUT2D eigenvalue weighted by Crippen LogP contribution is -2.25. The van der Waals surface area contributed by atoms with Crippen molar-refractivity contribution in [1.82, 2.24) is 0 Å². The van der Waals surface area contributed by atoms with Crippen molar-refractivity contribution in [3.8, 4) is 55.6 Å². The summed E-state index contributed by atoms with van der Waals surface area (Å²) in [5, 5.41) is 0. The minimum atomic E-state index is -0.357. The molecule has 2 aliphatic carbocycles. The standard InChI is InChI=1S/C60H41N/c1-3-16-40(17-4-1)42-30-36-45(37-31-42)57-38-46(41-18-5-2-6-19-41)39-58(61-57)51-23-8-7-20-47(51)43-32-34-44(35-33-43)48-25-15-29-56-59(48)52-24-11-14-28-55(52)60(56)53-26-12-9-21-49(53)50-22-10-13-27-54(50)60/h1-38,58H,39H2. The third-order valence-electron chi connectivity index (χ3n) is 13.3. The van der Waals surface area contributed by atoms with Crippen LogP contribution in [-0.4, -0.2) is 5.71 Å². The first-order chi connectivity index (χ1) is 30.3. The van der Waals surface area contributed by atoms with Crippen molar-refractivity contribution in [1.29, 1.82) is 0 Å². The fraction of sp³-hybridized carbons (Fsp3) is 0.0500. The molecule has 1 heteroatoms. The molecule has 61 heavy (non-hydrogen) atoms. The lowest BCUT2D eigenvalue weighted by atomic mass is 9.70. The van der Waals surface area contributed by atoms with Crippen LogP contribution in [0, 0.1) is 0 Å². The molecule has 0 bridgehead atoms. The minimum absolute atomic E-state index is 0.0397. The molecule has 1 unspecified atom stereocenters. The zero-order valence-electron chi connectivity index (χ0n) is 33.7. The minimum Gasteiger partial charge on any atom is -0.276 e. The number of allylic oxidation sites excluding steroid dienone is 1. The van der Waals surface area contributed by atoms with Crippen LogP contribution in [0.2, 0.25) is 0 Å². The second-order valence-corrected chi connectivity index (χ2v) is 16.5. The summed E-state index contributed by atoms with van der Waals surface area (Å²) in [6, 6.07) is 82.4. The first-order valence-electron chi connectivity index (χ1n) is 21.4. The van der Waals surface area contributed by atoms with Gasteiger partial charge in [-0.2, -0.15) is 0 Å². The van der Waals surface area contributed by atoms with E-state index in [-0.39, 0.29) is 11.5 Å². The van der Waals surface area contributed by atoms with E-state index >= 15 is 0 Å². The number of benzene rings is 9. The first kappa shape index (κ1) is 35.3. The summed E-state index contributed by atoms with van der Waals surface area (Å²) >= 11 is 0. The Bertz CT molecular complexity index is 3140. The van der Waals surface area contributed by atoms with E-state index in [1.54, 1.807) is 0 Å². The van der Waals surface area contributed by atoms with Gasteiger partial charge in [0, 0.05) is 0 Å². The van der Waals surface area contributed by atoms with Crippen molar-refractivity contribution in [3.05, 3.63) is 269 Å². The molecule has 0 saturated carbocycles. The Morgan fingerprint density at radius 1 is 0.328 bits per heavy atom. The van der Waals surface area contributed by atoms with Gasteiger partial charge in [-0.05, 0) is 113 Å². The molecule has 1 atom stereocenters. The number of nitrogens with zero attached hydrogens (tertiary/aromatic N) is 1. The van der Waals surface area contributed by atoms with Crippen LogP contribution in [0.15, 0.2) is 236 Å². The molecule has 0 saturated heterocycles. The van der Waals surface area contributed by atoms with Crippen molar-refractivity contribution in [2.75, 3.05) is 0 Å². The quantitative estimate of drug-likeness (QED) is 0.160. The van der Waals surface area contributed by atoms with Crippen LogP contribution in [0.3, 0.4) is 0 Å². The molecule has 1 aliphatic heterocycles. The van der Waals surface area contributed by atoms with Crippen molar-refractivity contribution in [2.24, 2.45) is 4.99 Å². The average molecular weight is 776 g/mol. The number of aliphatic imine (C=N–C) groups is 1. The maximum Gasteiger partial charge on any atom is 0.0802 e. The number of fused-ring (bicyclic) bond motifs is 10. The molecule has 1 spiro atoms. The normalized spacial score (nSPS) is 15.3. The molecule has 0 fully saturated rings. The largest absolute Gasteiger partial charge is 0.276 e. The summed E-state index contributed by atoms with van der Waals surface area (Å²) < 4.78 is 0. The van der Waals surface area contributed by atoms with Crippen LogP contribution >= 0.6 is 0 Å². The van der Waals surface area contributed by atoms with Gasteiger partial charge in [-0.1, -0.05) is 224 Å². The maximum absolute atomic E-state index is 5.52. The van der Waals surface area contributed by atoms with Gasteiger partial charge >= 0.3 is 0 Å². The van der Waals surface area contributed by atoms with Gasteiger partial charge in [0.1, 0.15) is 0 Å². The Balaban J connectivity index is 0.937. The fourth-order valence-electron chi connectivity index (χ4n) is 10.6. The van der Waals surface area contributed by atoms with E-state index in [1.165, 1.54) is 94.6 Å². The van der Waals surface area contributed by atoms with Crippen LogP contribution < -0.4 is 0 Å². The van der Waals surface area contributed by atoms with Crippen molar-refractivity contribution >= 4 is 11.3 Å². The topological polar surface area (TPSA) is 12.4 Å². The van der Waals surface area contributed by atoms with E-state index in [2.05, 4.69) is 231 Å². The van der Waals surface area contributed by atoms with E-state index in [4.69, 9.17) is 4.99 Å². The molecule has 0 radical (unpaired) electrons. The fourth-order valence-corrected chi connectivity index (χ4v) is 10.6. The van der Waals surface area contributed by atoms with E-state index in [0.29, 0.717) is 0 Å². The Morgan fingerprint density at radius 3 is 1.43 bits per heavy atom. The Labute approximate surface area is 357 Å². The van der Waals surface area contributed by atoms with Gasteiger partial charge in [0.05, 0.1) is 17.2 Å². The number of rotatable bonds is 6. The van der Waals surface area contributed by atoms with E-state index in [0.717, 1.165) is 17.7 Å². The molecule has 0 N–H and O–H groups in total. The zero-order valence-corrected chi connectivity index (χ0v) is 33.7. The zero-order chi connectivity index (χ0) is 40.3. The molecule has 9 aromatic carbocycles. The van der Waals surface area contributed by atoms with Crippen LogP contribution in [-0.2, 0) is 5.41 Å². The molecule has 3 aliphatic rings. The van der Waals surface area contributed by atoms with Crippen molar-refractivity contribution < 1.29 is 0 Å². The SMILES string of the molecule is C1=C(c2ccccc2)CC(c2ccccc2-c2ccc(-c3cccc4c3-c3ccccc3C43c4ccccc4-c4ccccc43)cc2)N=C1c1ccc(-c2ccccc2)cc1. The first-order valence-corrected chi connectivity index (χ1v) is 21.4. The Kier molecular flexibility index (Phi) is 8.28.